The third kappa shape index (κ3) is 2.35. The molecule has 0 aliphatic rings. The van der Waals surface area contributed by atoms with Crippen molar-refractivity contribution in [1.82, 2.24) is 9.88 Å². The van der Waals surface area contributed by atoms with Gasteiger partial charge in [-0.05, 0) is 26.0 Å². The number of carbonyl (C=O) groups excluding carboxylic acids is 1. The molecule has 4 nitrogen and oxygen atoms in total. The Morgan fingerprint density at radius 2 is 2.29 bits per heavy atom. The Kier molecular flexibility index (Phi) is 2.96. The van der Waals surface area contributed by atoms with Gasteiger partial charge in [0.1, 0.15) is 5.69 Å². The summed E-state index contributed by atoms with van der Waals surface area (Å²) in [6.45, 7) is 4.21. The first-order chi connectivity index (χ1) is 6.46. The minimum Gasteiger partial charge on any atom is -0.347 e. The van der Waals surface area contributed by atoms with Crippen molar-refractivity contribution in [2.75, 3.05) is 6.54 Å². The summed E-state index contributed by atoms with van der Waals surface area (Å²) >= 11 is 0. The highest BCUT2D eigenvalue weighted by molar-refractivity contribution is 5.93. The minimum absolute atomic E-state index is 0.0899. The monoisotopic (exact) mass is 195 g/mol. The van der Waals surface area contributed by atoms with Gasteiger partial charge in [0, 0.05) is 25.3 Å². The first-order valence-electron chi connectivity index (χ1n) is 4.60. The molecule has 0 saturated carbocycles. The molecule has 1 aromatic rings. The zero-order valence-electron chi connectivity index (χ0n) is 8.87. The number of nitrogens with two attached hydrogens (primary N) is 1. The molecule has 3 N–H and O–H groups in total. The molecular weight excluding hydrogens is 178 g/mol. The largest absolute Gasteiger partial charge is 0.347 e. The van der Waals surface area contributed by atoms with Gasteiger partial charge in [-0.1, -0.05) is 0 Å². The van der Waals surface area contributed by atoms with Crippen LogP contribution in [-0.4, -0.2) is 22.6 Å². The molecule has 1 heterocycles. The van der Waals surface area contributed by atoms with Crippen molar-refractivity contribution in [3.8, 4) is 0 Å². The molecule has 0 radical (unpaired) electrons. The molecule has 14 heavy (non-hydrogen) atoms. The van der Waals surface area contributed by atoms with Gasteiger partial charge in [0.25, 0.3) is 5.91 Å². The number of amides is 1. The van der Waals surface area contributed by atoms with E-state index >= 15 is 0 Å². The van der Waals surface area contributed by atoms with Crippen LogP contribution in [0.3, 0.4) is 0 Å². The Morgan fingerprint density at radius 3 is 2.71 bits per heavy atom. The summed E-state index contributed by atoms with van der Waals surface area (Å²) in [5.41, 5.74) is 5.81. The summed E-state index contributed by atoms with van der Waals surface area (Å²) < 4.78 is 1.78. The summed E-state index contributed by atoms with van der Waals surface area (Å²) in [6.07, 6.45) is 1.84. The Labute approximate surface area is 84.1 Å². The minimum atomic E-state index is -0.360. The van der Waals surface area contributed by atoms with Gasteiger partial charge < -0.3 is 15.6 Å². The fourth-order valence-electron chi connectivity index (χ4n) is 1.12. The summed E-state index contributed by atoms with van der Waals surface area (Å²) in [7, 11) is 1.84. The number of aryl methyl sites for hydroxylation is 1. The summed E-state index contributed by atoms with van der Waals surface area (Å²) in [4.78, 5) is 11.7. The molecule has 0 bridgehead atoms. The predicted molar refractivity (Wildman–Crippen MR) is 56.0 cm³/mol. The highest BCUT2D eigenvalue weighted by Gasteiger charge is 2.20. The van der Waals surface area contributed by atoms with Gasteiger partial charge in [-0.15, -0.1) is 0 Å². The van der Waals surface area contributed by atoms with E-state index in [1.165, 1.54) is 0 Å². The Hall–Kier alpha value is -1.29. The van der Waals surface area contributed by atoms with Crippen molar-refractivity contribution in [3.63, 3.8) is 0 Å². The van der Waals surface area contributed by atoms with Crippen LogP contribution < -0.4 is 11.1 Å². The van der Waals surface area contributed by atoms with Crippen LogP contribution in [0.1, 0.15) is 24.3 Å². The highest BCUT2D eigenvalue weighted by Crippen LogP contribution is 2.04. The number of hydrogen-bond acceptors (Lipinski definition) is 2. The molecule has 0 aliphatic heterocycles. The molecular formula is C10H17N3O. The average molecular weight is 195 g/mol. The number of aromatic nitrogens is 1. The SMILES string of the molecule is Cn1cccc1C(=O)NC(C)(C)CN. The Bertz CT molecular complexity index is 328. The van der Waals surface area contributed by atoms with E-state index in [1.54, 1.807) is 10.6 Å². The zero-order chi connectivity index (χ0) is 10.8. The molecule has 1 rings (SSSR count). The second-order valence-corrected chi connectivity index (χ2v) is 4.05. The maximum Gasteiger partial charge on any atom is 0.268 e. The van der Waals surface area contributed by atoms with Crippen molar-refractivity contribution in [3.05, 3.63) is 24.0 Å². The molecule has 0 saturated heterocycles. The van der Waals surface area contributed by atoms with Crippen molar-refractivity contribution in [2.45, 2.75) is 19.4 Å². The first-order valence-corrected chi connectivity index (χ1v) is 4.60. The molecule has 0 aromatic carbocycles. The lowest BCUT2D eigenvalue weighted by Gasteiger charge is -2.24. The van der Waals surface area contributed by atoms with Gasteiger partial charge in [0.2, 0.25) is 0 Å². The number of nitrogens with zero attached hydrogens (tertiary/aromatic N) is 1. The lowest BCUT2D eigenvalue weighted by atomic mass is 10.1. The zero-order valence-corrected chi connectivity index (χ0v) is 8.87. The van der Waals surface area contributed by atoms with Crippen molar-refractivity contribution in [2.24, 2.45) is 12.8 Å². The average Bonchev–Trinajstić information content (AvgIpc) is 2.51. The van der Waals surface area contributed by atoms with Crippen molar-refractivity contribution >= 4 is 5.91 Å². The first kappa shape index (κ1) is 10.8. The van der Waals surface area contributed by atoms with E-state index in [0.29, 0.717) is 12.2 Å². The van der Waals surface area contributed by atoms with Gasteiger partial charge in [0.15, 0.2) is 0 Å². The topological polar surface area (TPSA) is 60.0 Å². The van der Waals surface area contributed by atoms with Crippen LogP contribution in [0.15, 0.2) is 18.3 Å². The van der Waals surface area contributed by atoms with Crippen molar-refractivity contribution in [1.29, 1.82) is 0 Å². The van der Waals surface area contributed by atoms with Crippen LogP contribution >= 0.6 is 0 Å². The van der Waals surface area contributed by atoms with E-state index in [9.17, 15) is 4.79 Å². The lowest BCUT2D eigenvalue weighted by molar-refractivity contribution is 0.0907. The van der Waals surface area contributed by atoms with Gasteiger partial charge in [0.05, 0.1) is 0 Å². The third-order valence-corrected chi connectivity index (χ3v) is 2.14. The predicted octanol–water partition coefficient (Wildman–Crippen LogP) is 0.492. The van der Waals surface area contributed by atoms with Crippen LogP contribution in [0.2, 0.25) is 0 Å². The molecule has 0 spiro atoms. The van der Waals surface area contributed by atoms with Gasteiger partial charge >= 0.3 is 0 Å². The van der Waals surface area contributed by atoms with Crippen molar-refractivity contribution < 1.29 is 4.79 Å². The van der Waals surface area contributed by atoms with E-state index in [0.717, 1.165) is 0 Å². The molecule has 0 unspecified atom stereocenters. The Balaban J connectivity index is 2.73. The summed E-state index contributed by atoms with van der Waals surface area (Å²) in [5.74, 6) is -0.0899. The standard InChI is InChI=1S/C10H17N3O/c1-10(2,7-11)12-9(14)8-5-4-6-13(8)3/h4-6H,7,11H2,1-3H3,(H,12,14). The maximum absolute atomic E-state index is 11.7. The second-order valence-electron chi connectivity index (χ2n) is 4.05. The van der Waals surface area contributed by atoms with Crippen LogP contribution in [-0.2, 0) is 7.05 Å². The van der Waals surface area contributed by atoms with E-state index in [2.05, 4.69) is 5.32 Å². The van der Waals surface area contributed by atoms with Gasteiger partial charge in [-0.2, -0.15) is 0 Å². The van der Waals surface area contributed by atoms with Crippen LogP contribution in [0.25, 0.3) is 0 Å². The summed E-state index contributed by atoms with van der Waals surface area (Å²) in [5, 5.41) is 2.86. The quantitative estimate of drug-likeness (QED) is 0.737. The fraction of sp³-hybridized carbons (Fsp3) is 0.500. The second kappa shape index (κ2) is 3.84. The molecule has 0 fully saturated rings. The maximum atomic E-state index is 11.7. The Morgan fingerprint density at radius 1 is 1.64 bits per heavy atom. The van der Waals surface area contributed by atoms with E-state index < -0.39 is 0 Å². The number of rotatable bonds is 3. The number of carbonyl (C=O) groups is 1. The fourth-order valence-corrected chi connectivity index (χ4v) is 1.12. The lowest BCUT2D eigenvalue weighted by Crippen LogP contribution is -2.49. The molecule has 0 aliphatic carbocycles. The highest BCUT2D eigenvalue weighted by atomic mass is 16.2. The molecule has 4 heteroatoms. The van der Waals surface area contributed by atoms with Crippen LogP contribution in [0.4, 0.5) is 0 Å². The number of nitrogens with one attached hydrogen (secondary N) is 1. The molecule has 78 valence electrons. The smallest absolute Gasteiger partial charge is 0.268 e. The van der Waals surface area contributed by atoms with Crippen LogP contribution in [0, 0.1) is 0 Å². The van der Waals surface area contributed by atoms with Gasteiger partial charge in [-0.25, -0.2) is 0 Å². The van der Waals surface area contributed by atoms with E-state index in [4.69, 9.17) is 5.73 Å². The summed E-state index contributed by atoms with van der Waals surface area (Å²) in [6, 6.07) is 3.62. The molecule has 0 atom stereocenters. The molecule has 1 amide bonds. The number of hydrogen-bond donors (Lipinski definition) is 2. The van der Waals surface area contributed by atoms with E-state index in [1.807, 2.05) is 33.2 Å². The van der Waals surface area contributed by atoms with Crippen LogP contribution in [0.5, 0.6) is 0 Å². The molecule has 1 aromatic heterocycles. The third-order valence-electron chi connectivity index (χ3n) is 2.14. The normalized spacial score (nSPS) is 11.4. The van der Waals surface area contributed by atoms with Gasteiger partial charge in [-0.3, -0.25) is 4.79 Å². The van der Waals surface area contributed by atoms with E-state index in [-0.39, 0.29) is 11.4 Å².